The van der Waals surface area contributed by atoms with Crippen LogP contribution in [0.15, 0.2) is 42.6 Å². The number of nitrogens with zero attached hydrogens (tertiary/aromatic N) is 2. The molecule has 7 heteroatoms. The average Bonchev–Trinajstić information content (AvgIpc) is 3.25. The van der Waals surface area contributed by atoms with Crippen molar-refractivity contribution in [2.24, 2.45) is 0 Å². The fraction of sp³-hybridized carbons (Fsp3) is 0.222. The summed E-state index contributed by atoms with van der Waals surface area (Å²) in [5.74, 6) is -1.03. The number of imide groups is 1. The summed E-state index contributed by atoms with van der Waals surface area (Å²) < 4.78 is 5.34. The Morgan fingerprint density at radius 1 is 1.16 bits per heavy atom. The predicted octanol–water partition coefficient (Wildman–Crippen LogP) is 2.00. The molecule has 1 saturated heterocycles. The van der Waals surface area contributed by atoms with Crippen LogP contribution in [0.3, 0.4) is 0 Å². The first-order valence-electron chi connectivity index (χ1n) is 8.01. The number of fused-ring (bicyclic) bond motifs is 1. The van der Waals surface area contributed by atoms with E-state index in [9.17, 15) is 14.4 Å². The number of benzene rings is 1. The van der Waals surface area contributed by atoms with E-state index in [1.54, 1.807) is 36.4 Å². The van der Waals surface area contributed by atoms with Gasteiger partial charge < -0.3 is 10.1 Å². The molecule has 4 rings (SSSR count). The van der Waals surface area contributed by atoms with Crippen molar-refractivity contribution in [2.75, 3.05) is 16.8 Å². The first-order chi connectivity index (χ1) is 12.1. The first-order valence-corrected chi connectivity index (χ1v) is 8.01. The van der Waals surface area contributed by atoms with Gasteiger partial charge in [-0.15, -0.1) is 0 Å². The second-order valence-electron chi connectivity index (χ2n) is 5.88. The van der Waals surface area contributed by atoms with Gasteiger partial charge in [0.2, 0.25) is 0 Å². The van der Waals surface area contributed by atoms with Gasteiger partial charge in [-0.2, -0.15) is 0 Å². The van der Waals surface area contributed by atoms with Crippen LogP contribution in [-0.2, 0) is 9.53 Å². The van der Waals surface area contributed by atoms with Crippen LogP contribution in [0, 0.1) is 0 Å². The lowest BCUT2D eigenvalue weighted by molar-refractivity contribution is -0.124. The Hall–Kier alpha value is -3.06. The molecule has 126 valence electrons. The molecule has 0 spiro atoms. The second-order valence-corrected chi connectivity index (χ2v) is 5.88. The number of pyridine rings is 1. The molecular formula is C18H15N3O4. The molecule has 3 heterocycles. The summed E-state index contributed by atoms with van der Waals surface area (Å²) in [6.45, 7) is 0.602. The number of ether oxygens (including phenoxy) is 1. The van der Waals surface area contributed by atoms with Crippen molar-refractivity contribution in [3.8, 4) is 0 Å². The maximum absolute atomic E-state index is 12.4. The van der Waals surface area contributed by atoms with E-state index in [2.05, 4.69) is 10.3 Å². The maximum atomic E-state index is 12.4. The zero-order valence-electron chi connectivity index (χ0n) is 13.3. The molecule has 0 aliphatic carbocycles. The van der Waals surface area contributed by atoms with E-state index in [1.165, 1.54) is 6.20 Å². The highest BCUT2D eigenvalue weighted by Crippen LogP contribution is 2.28. The minimum absolute atomic E-state index is 0.156. The standard InChI is InChI=1S/C18H15N3O4/c22-16(14-4-2-10-25-14)20-11-5-7-12(8-6-11)21-17(23)13-3-1-9-19-15(13)18(21)24/h1,3,5-9,14H,2,4,10H2,(H,20,22). The molecule has 1 aromatic heterocycles. The molecule has 1 N–H and O–H groups in total. The third-order valence-electron chi connectivity index (χ3n) is 4.26. The van der Waals surface area contributed by atoms with Gasteiger partial charge in [0.05, 0.1) is 11.3 Å². The summed E-state index contributed by atoms with van der Waals surface area (Å²) in [5, 5.41) is 2.78. The van der Waals surface area contributed by atoms with E-state index in [1.807, 2.05) is 0 Å². The van der Waals surface area contributed by atoms with Gasteiger partial charge in [-0.05, 0) is 49.2 Å². The Balaban J connectivity index is 1.52. The second kappa shape index (κ2) is 6.10. The summed E-state index contributed by atoms with van der Waals surface area (Å²) in [7, 11) is 0. The molecule has 1 fully saturated rings. The van der Waals surface area contributed by atoms with Crippen molar-refractivity contribution in [1.82, 2.24) is 4.98 Å². The highest BCUT2D eigenvalue weighted by Gasteiger charge is 2.37. The Kier molecular flexibility index (Phi) is 3.77. The topological polar surface area (TPSA) is 88.6 Å². The SMILES string of the molecule is O=C(Nc1ccc(N2C(=O)c3cccnc3C2=O)cc1)C1CCCO1. The molecule has 1 atom stereocenters. The molecule has 0 bridgehead atoms. The molecule has 0 radical (unpaired) electrons. The molecule has 7 nitrogen and oxygen atoms in total. The van der Waals surface area contributed by atoms with Crippen molar-refractivity contribution in [3.63, 3.8) is 0 Å². The van der Waals surface area contributed by atoms with Crippen LogP contribution in [0.1, 0.15) is 33.7 Å². The van der Waals surface area contributed by atoms with E-state index >= 15 is 0 Å². The van der Waals surface area contributed by atoms with Crippen molar-refractivity contribution in [1.29, 1.82) is 0 Å². The van der Waals surface area contributed by atoms with Gasteiger partial charge in [-0.25, -0.2) is 4.90 Å². The van der Waals surface area contributed by atoms with Gasteiger partial charge >= 0.3 is 0 Å². The predicted molar refractivity (Wildman–Crippen MR) is 89.4 cm³/mol. The summed E-state index contributed by atoms with van der Waals surface area (Å²) in [5.41, 5.74) is 1.47. The number of amides is 3. The van der Waals surface area contributed by atoms with Crippen molar-refractivity contribution in [3.05, 3.63) is 53.9 Å². The van der Waals surface area contributed by atoms with Crippen LogP contribution in [0.5, 0.6) is 0 Å². The molecule has 1 unspecified atom stereocenters. The van der Waals surface area contributed by atoms with Gasteiger partial charge in [0, 0.05) is 18.5 Å². The van der Waals surface area contributed by atoms with Crippen LogP contribution < -0.4 is 10.2 Å². The summed E-state index contributed by atoms with van der Waals surface area (Å²) >= 11 is 0. The van der Waals surface area contributed by atoms with Crippen LogP contribution in [0.4, 0.5) is 11.4 Å². The molecule has 3 amide bonds. The van der Waals surface area contributed by atoms with E-state index in [0.717, 1.165) is 11.3 Å². The number of nitrogens with one attached hydrogen (secondary N) is 1. The van der Waals surface area contributed by atoms with E-state index in [0.29, 0.717) is 30.0 Å². The Labute approximate surface area is 143 Å². The van der Waals surface area contributed by atoms with Gasteiger partial charge in [0.15, 0.2) is 0 Å². The summed E-state index contributed by atoms with van der Waals surface area (Å²) in [6, 6.07) is 9.74. The van der Waals surface area contributed by atoms with E-state index < -0.39 is 17.9 Å². The molecule has 2 aromatic rings. The van der Waals surface area contributed by atoms with Crippen molar-refractivity contribution >= 4 is 29.1 Å². The zero-order chi connectivity index (χ0) is 17.4. The lowest BCUT2D eigenvalue weighted by atomic mass is 10.2. The fourth-order valence-corrected chi connectivity index (χ4v) is 3.00. The quantitative estimate of drug-likeness (QED) is 0.866. The third-order valence-corrected chi connectivity index (χ3v) is 4.26. The van der Waals surface area contributed by atoms with E-state index in [4.69, 9.17) is 4.74 Å². The largest absolute Gasteiger partial charge is 0.368 e. The monoisotopic (exact) mass is 337 g/mol. The number of carbonyl (C=O) groups is 3. The van der Waals surface area contributed by atoms with Gasteiger partial charge in [-0.3, -0.25) is 19.4 Å². The molecule has 2 aliphatic heterocycles. The van der Waals surface area contributed by atoms with Crippen LogP contribution in [-0.4, -0.2) is 35.4 Å². The summed E-state index contributed by atoms with van der Waals surface area (Å²) in [6.07, 6.45) is 2.66. The smallest absolute Gasteiger partial charge is 0.284 e. The van der Waals surface area contributed by atoms with Gasteiger partial charge in [0.1, 0.15) is 11.8 Å². The molecular weight excluding hydrogens is 322 g/mol. The number of anilines is 2. The molecule has 2 aliphatic rings. The highest BCUT2D eigenvalue weighted by atomic mass is 16.5. The number of hydrogen-bond donors (Lipinski definition) is 1. The maximum Gasteiger partial charge on any atom is 0.284 e. The third kappa shape index (κ3) is 2.68. The normalized spacial score (nSPS) is 19.2. The number of carbonyl (C=O) groups excluding carboxylic acids is 3. The number of rotatable bonds is 3. The molecule has 0 saturated carbocycles. The van der Waals surface area contributed by atoms with Gasteiger partial charge in [0.25, 0.3) is 17.7 Å². The Bertz CT molecular complexity index is 822. The summed E-state index contributed by atoms with van der Waals surface area (Å²) in [4.78, 5) is 41.9. The minimum Gasteiger partial charge on any atom is -0.368 e. The Morgan fingerprint density at radius 2 is 1.96 bits per heavy atom. The Morgan fingerprint density at radius 3 is 2.64 bits per heavy atom. The lowest BCUT2D eigenvalue weighted by Gasteiger charge is -2.15. The zero-order valence-corrected chi connectivity index (χ0v) is 13.3. The molecule has 1 aromatic carbocycles. The minimum atomic E-state index is -0.447. The first kappa shape index (κ1) is 15.5. The van der Waals surface area contributed by atoms with Crippen LogP contribution in [0.25, 0.3) is 0 Å². The number of aromatic nitrogens is 1. The highest BCUT2D eigenvalue weighted by molar-refractivity contribution is 6.33. The van der Waals surface area contributed by atoms with E-state index in [-0.39, 0.29) is 11.6 Å². The van der Waals surface area contributed by atoms with Crippen LogP contribution in [0.2, 0.25) is 0 Å². The number of hydrogen-bond acceptors (Lipinski definition) is 5. The molecule has 25 heavy (non-hydrogen) atoms. The van der Waals surface area contributed by atoms with Crippen molar-refractivity contribution in [2.45, 2.75) is 18.9 Å². The van der Waals surface area contributed by atoms with Gasteiger partial charge in [-0.1, -0.05) is 0 Å². The lowest BCUT2D eigenvalue weighted by Crippen LogP contribution is -2.29. The van der Waals surface area contributed by atoms with Crippen LogP contribution >= 0.6 is 0 Å². The average molecular weight is 337 g/mol. The fourth-order valence-electron chi connectivity index (χ4n) is 3.00. The van der Waals surface area contributed by atoms with Crippen molar-refractivity contribution < 1.29 is 19.1 Å².